The molecule has 0 saturated carbocycles. The van der Waals surface area contributed by atoms with Gasteiger partial charge in [0.1, 0.15) is 11.3 Å². The molecule has 26 heavy (non-hydrogen) atoms. The smallest absolute Gasteiger partial charge is 0.339 e. The summed E-state index contributed by atoms with van der Waals surface area (Å²) in [5.74, 6) is -0.992. The average molecular weight is 346 g/mol. The Morgan fingerprint density at radius 2 is 1.50 bits per heavy atom. The minimum Gasteiger partial charge on any atom is -0.507 e. The van der Waals surface area contributed by atoms with Crippen LogP contribution in [-0.4, -0.2) is 16.2 Å². The molecule has 132 valence electrons. The van der Waals surface area contributed by atoms with Crippen LogP contribution in [0.4, 0.5) is 0 Å². The molecule has 1 unspecified atom stereocenters. The molecule has 0 aliphatic heterocycles. The third-order valence-corrected chi connectivity index (χ3v) is 4.67. The Morgan fingerprint density at radius 3 is 2.12 bits per heavy atom. The lowest BCUT2D eigenvalue weighted by atomic mass is 9.87. The van der Waals surface area contributed by atoms with Crippen molar-refractivity contribution in [1.82, 2.24) is 0 Å². The van der Waals surface area contributed by atoms with E-state index in [1.54, 1.807) is 12.1 Å². The summed E-state index contributed by atoms with van der Waals surface area (Å²) >= 11 is 0. The van der Waals surface area contributed by atoms with Gasteiger partial charge in [0, 0.05) is 0 Å². The Hall–Kier alpha value is -3.07. The number of aromatic hydroxyl groups is 1. The van der Waals surface area contributed by atoms with Gasteiger partial charge in [0.2, 0.25) is 0 Å². The molecule has 3 heteroatoms. The van der Waals surface area contributed by atoms with Gasteiger partial charge in [-0.1, -0.05) is 66.7 Å². The standard InChI is InChI=1S/C23H22O3/c24-22-16-18(12-14-21(22)23(25)26)15-20(19-9-5-2-6-10-19)13-11-17-7-3-1-4-8-17/h1-10,12,14,16,20,24H,11,13,15H2,(H,25,26). The number of aryl methyl sites for hydroxylation is 1. The molecule has 0 spiro atoms. The SMILES string of the molecule is O=C(O)c1ccc(CC(CCc2ccccc2)c2ccccc2)cc1O. The molecule has 0 aliphatic rings. The fraction of sp³-hybridized carbons (Fsp3) is 0.174. The quantitative estimate of drug-likeness (QED) is 0.629. The van der Waals surface area contributed by atoms with Gasteiger partial charge in [-0.15, -0.1) is 0 Å². The van der Waals surface area contributed by atoms with Gasteiger partial charge in [-0.3, -0.25) is 0 Å². The molecule has 0 aliphatic carbocycles. The maximum absolute atomic E-state index is 11.1. The van der Waals surface area contributed by atoms with Crippen LogP contribution in [0.3, 0.4) is 0 Å². The summed E-state index contributed by atoms with van der Waals surface area (Å²) in [5, 5.41) is 19.0. The zero-order valence-electron chi connectivity index (χ0n) is 14.5. The first-order valence-electron chi connectivity index (χ1n) is 8.77. The highest BCUT2D eigenvalue weighted by Crippen LogP contribution is 2.28. The number of carboxylic acid groups (broad SMARTS) is 1. The summed E-state index contributed by atoms with van der Waals surface area (Å²) < 4.78 is 0. The molecule has 0 saturated heterocycles. The second kappa shape index (κ2) is 8.34. The largest absolute Gasteiger partial charge is 0.507 e. The van der Waals surface area contributed by atoms with E-state index in [2.05, 4.69) is 36.4 Å². The van der Waals surface area contributed by atoms with E-state index in [1.165, 1.54) is 17.2 Å². The first-order valence-corrected chi connectivity index (χ1v) is 8.77. The zero-order chi connectivity index (χ0) is 18.4. The summed E-state index contributed by atoms with van der Waals surface area (Å²) in [4.78, 5) is 11.1. The van der Waals surface area contributed by atoms with E-state index in [0.717, 1.165) is 24.8 Å². The Morgan fingerprint density at radius 1 is 0.846 bits per heavy atom. The highest BCUT2D eigenvalue weighted by Gasteiger charge is 2.15. The molecule has 3 rings (SSSR count). The fourth-order valence-electron chi connectivity index (χ4n) is 3.27. The lowest BCUT2D eigenvalue weighted by Crippen LogP contribution is -2.06. The van der Waals surface area contributed by atoms with Crippen LogP contribution < -0.4 is 0 Å². The Labute approximate surface area is 153 Å². The molecular weight excluding hydrogens is 324 g/mol. The van der Waals surface area contributed by atoms with E-state index in [1.807, 2.05) is 24.3 Å². The van der Waals surface area contributed by atoms with Gasteiger partial charge in [0.25, 0.3) is 0 Å². The topological polar surface area (TPSA) is 57.5 Å². The van der Waals surface area contributed by atoms with E-state index in [-0.39, 0.29) is 11.3 Å². The molecule has 1 atom stereocenters. The molecule has 0 bridgehead atoms. The third kappa shape index (κ3) is 4.51. The van der Waals surface area contributed by atoms with E-state index in [0.29, 0.717) is 5.92 Å². The van der Waals surface area contributed by atoms with E-state index >= 15 is 0 Å². The minimum absolute atomic E-state index is 0.0608. The molecule has 0 heterocycles. The van der Waals surface area contributed by atoms with Crippen molar-refractivity contribution in [3.8, 4) is 5.75 Å². The maximum atomic E-state index is 11.1. The molecule has 3 nitrogen and oxygen atoms in total. The molecule has 2 N–H and O–H groups in total. The van der Waals surface area contributed by atoms with Crippen LogP contribution in [0.5, 0.6) is 5.75 Å². The number of carbonyl (C=O) groups is 1. The fourth-order valence-corrected chi connectivity index (χ4v) is 3.27. The molecular formula is C23H22O3. The van der Waals surface area contributed by atoms with Gasteiger partial charge in [-0.2, -0.15) is 0 Å². The van der Waals surface area contributed by atoms with E-state index in [4.69, 9.17) is 5.11 Å². The van der Waals surface area contributed by atoms with Crippen molar-refractivity contribution in [1.29, 1.82) is 0 Å². The Kier molecular flexibility index (Phi) is 5.69. The molecule has 3 aromatic rings. The number of carboxylic acids is 1. The molecule has 0 aromatic heterocycles. The lowest BCUT2D eigenvalue weighted by molar-refractivity contribution is 0.0693. The predicted molar refractivity (Wildman–Crippen MR) is 103 cm³/mol. The summed E-state index contributed by atoms with van der Waals surface area (Å²) in [6, 6.07) is 25.6. The number of rotatable bonds is 7. The van der Waals surface area contributed by atoms with Crippen molar-refractivity contribution in [2.45, 2.75) is 25.2 Å². The number of aromatic carboxylic acids is 1. The summed E-state index contributed by atoms with van der Waals surface area (Å²) in [6.07, 6.45) is 2.71. The van der Waals surface area contributed by atoms with Crippen molar-refractivity contribution < 1.29 is 15.0 Å². The summed E-state index contributed by atoms with van der Waals surface area (Å²) in [7, 11) is 0. The summed E-state index contributed by atoms with van der Waals surface area (Å²) in [6.45, 7) is 0. The van der Waals surface area contributed by atoms with Gasteiger partial charge >= 0.3 is 5.97 Å². The van der Waals surface area contributed by atoms with Crippen molar-refractivity contribution in [3.63, 3.8) is 0 Å². The van der Waals surface area contributed by atoms with Crippen LogP contribution in [0.25, 0.3) is 0 Å². The number of hydrogen-bond donors (Lipinski definition) is 2. The maximum Gasteiger partial charge on any atom is 0.339 e. The van der Waals surface area contributed by atoms with Crippen LogP contribution >= 0.6 is 0 Å². The summed E-state index contributed by atoms with van der Waals surface area (Å²) in [5.41, 5.74) is 3.44. The Bertz CT molecular complexity index is 857. The van der Waals surface area contributed by atoms with Crippen LogP contribution in [0.2, 0.25) is 0 Å². The van der Waals surface area contributed by atoms with Crippen LogP contribution in [0, 0.1) is 0 Å². The van der Waals surface area contributed by atoms with E-state index in [9.17, 15) is 9.90 Å². The normalized spacial score (nSPS) is 11.8. The predicted octanol–water partition coefficient (Wildman–Crippen LogP) is 5.05. The number of benzene rings is 3. The second-order valence-corrected chi connectivity index (χ2v) is 6.49. The van der Waals surface area contributed by atoms with Crippen molar-refractivity contribution >= 4 is 5.97 Å². The van der Waals surface area contributed by atoms with Gasteiger partial charge in [-0.05, 0) is 54.0 Å². The first-order chi connectivity index (χ1) is 12.6. The van der Waals surface area contributed by atoms with Gasteiger partial charge < -0.3 is 10.2 Å². The molecule has 0 fully saturated rings. The van der Waals surface area contributed by atoms with Crippen LogP contribution in [0.1, 0.15) is 39.4 Å². The van der Waals surface area contributed by atoms with Gasteiger partial charge in [-0.25, -0.2) is 4.79 Å². The number of hydrogen-bond acceptors (Lipinski definition) is 2. The van der Waals surface area contributed by atoms with Crippen molar-refractivity contribution in [3.05, 3.63) is 101 Å². The van der Waals surface area contributed by atoms with Gasteiger partial charge in [0.05, 0.1) is 0 Å². The van der Waals surface area contributed by atoms with E-state index < -0.39 is 5.97 Å². The monoisotopic (exact) mass is 346 g/mol. The van der Waals surface area contributed by atoms with Gasteiger partial charge in [0.15, 0.2) is 0 Å². The molecule has 0 amide bonds. The second-order valence-electron chi connectivity index (χ2n) is 6.49. The average Bonchev–Trinajstić information content (AvgIpc) is 2.66. The third-order valence-electron chi connectivity index (χ3n) is 4.67. The van der Waals surface area contributed by atoms with Crippen molar-refractivity contribution in [2.24, 2.45) is 0 Å². The highest BCUT2D eigenvalue weighted by atomic mass is 16.4. The van der Waals surface area contributed by atoms with Crippen molar-refractivity contribution in [2.75, 3.05) is 0 Å². The zero-order valence-corrected chi connectivity index (χ0v) is 14.5. The molecule has 0 radical (unpaired) electrons. The number of phenols is 1. The minimum atomic E-state index is -1.11. The highest BCUT2D eigenvalue weighted by molar-refractivity contribution is 5.90. The first kappa shape index (κ1) is 17.7. The lowest BCUT2D eigenvalue weighted by Gasteiger charge is -2.18. The van der Waals surface area contributed by atoms with Crippen LogP contribution in [0.15, 0.2) is 78.9 Å². The Balaban J connectivity index is 1.79. The van der Waals surface area contributed by atoms with Crippen LogP contribution in [-0.2, 0) is 12.8 Å². The molecule has 3 aromatic carbocycles.